The highest BCUT2D eigenvalue weighted by Gasteiger charge is 2.22. The summed E-state index contributed by atoms with van der Waals surface area (Å²) in [5.41, 5.74) is 4.65. The van der Waals surface area contributed by atoms with Crippen molar-refractivity contribution in [2.24, 2.45) is 0 Å². The predicted octanol–water partition coefficient (Wildman–Crippen LogP) is 7.34. The lowest BCUT2D eigenvalue weighted by molar-refractivity contribution is 0.426. The summed E-state index contributed by atoms with van der Waals surface area (Å²) in [6.07, 6.45) is 10.4. The summed E-state index contributed by atoms with van der Waals surface area (Å²) in [5.74, 6) is 0. The maximum atomic E-state index is 9.91. The van der Waals surface area contributed by atoms with Crippen molar-refractivity contribution in [1.29, 1.82) is 0 Å². The zero-order chi connectivity index (χ0) is 30.0. The van der Waals surface area contributed by atoms with Crippen LogP contribution < -0.4 is 5.46 Å². The zero-order valence-corrected chi connectivity index (χ0v) is 24.9. The zero-order valence-electron chi connectivity index (χ0n) is 23.3. The van der Waals surface area contributed by atoms with Crippen LogP contribution in [0.1, 0.15) is 0 Å². The van der Waals surface area contributed by atoms with Crippen LogP contribution in [0.2, 0.25) is 0 Å². The summed E-state index contributed by atoms with van der Waals surface area (Å²) >= 11 is 3.76. The molecule has 2 N–H and O–H groups in total. The molecule has 0 atom stereocenters. The highest BCUT2D eigenvalue weighted by molar-refractivity contribution is 9.10. The van der Waals surface area contributed by atoms with E-state index in [1.54, 1.807) is 18.7 Å². The van der Waals surface area contributed by atoms with Gasteiger partial charge in [0.2, 0.25) is 0 Å². The van der Waals surface area contributed by atoms with Gasteiger partial charge in [-0.15, -0.1) is 0 Å². The van der Waals surface area contributed by atoms with E-state index in [0.29, 0.717) is 5.46 Å². The van der Waals surface area contributed by atoms with E-state index >= 15 is 0 Å². The minimum absolute atomic E-state index is 0.525. The topological polar surface area (TPSA) is 92.0 Å². The molecule has 0 spiro atoms. The van der Waals surface area contributed by atoms with Gasteiger partial charge in [-0.3, -0.25) is 0 Å². The molecule has 0 amide bonds. The fraction of sp³-hybridized carbons (Fsp3) is 0. The van der Waals surface area contributed by atoms with Crippen molar-refractivity contribution in [2.45, 2.75) is 0 Å². The summed E-state index contributed by atoms with van der Waals surface area (Å²) < 4.78 is 1.13. The van der Waals surface area contributed by atoms with Crippen LogP contribution in [0.4, 0.5) is 0 Å². The SMILES string of the molecule is Brc1c2ccccc2c(-c2cncnc2)c2ccccc12.OB(O)c1c2ccccc2c(-c2cncnc2)c2ccccc12. The van der Waals surface area contributed by atoms with Gasteiger partial charge in [-0.2, -0.15) is 0 Å². The van der Waals surface area contributed by atoms with E-state index in [0.717, 1.165) is 42.7 Å². The second-order valence-electron chi connectivity index (χ2n) is 10.3. The lowest BCUT2D eigenvalue weighted by Crippen LogP contribution is -2.31. The second kappa shape index (κ2) is 11.9. The van der Waals surface area contributed by atoms with Crippen LogP contribution in [0, 0.1) is 0 Å². The van der Waals surface area contributed by atoms with Crippen molar-refractivity contribution in [3.63, 3.8) is 0 Å². The van der Waals surface area contributed by atoms with Gasteiger partial charge in [0, 0.05) is 51.5 Å². The molecule has 2 heterocycles. The summed E-state index contributed by atoms with van der Waals surface area (Å²) in [6, 6.07) is 32.3. The molecular weight excluding hydrogens is 611 g/mol. The van der Waals surface area contributed by atoms with Crippen molar-refractivity contribution in [2.75, 3.05) is 0 Å². The summed E-state index contributed by atoms with van der Waals surface area (Å²) in [4.78, 5) is 16.6. The number of aromatic nitrogens is 4. The predicted molar refractivity (Wildman–Crippen MR) is 182 cm³/mol. The number of hydrogen-bond donors (Lipinski definition) is 2. The minimum atomic E-state index is -1.54. The first kappa shape index (κ1) is 27.8. The third-order valence-electron chi connectivity index (χ3n) is 7.80. The highest BCUT2D eigenvalue weighted by atomic mass is 79.9. The van der Waals surface area contributed by atoms with E-state index in [1.165, 1.54) is 33.4 Å². The van der Waals surface area contributed by atoms with Crippen molar-refractivity contribution in [3.8, 4) is 22.3 Å². The Morgan fingerprint density at radius 3 is 1.07 bits per heavy atom. The van der Waals surface area contributed by atoms with E-state index in [2.05, 4.69) is 84.4 Å². The van der Waals surface area contributed by atoms with Crippen LogP contribution in [0.15, 0.2) is 139 Å². The Morgan fingerprint density at radius 1 is 0.432 bits per heavy atom. The molecule has 0 saturated heterocycles. The summed E-state index contributed by atoms with van der Waals surface area (Å²) in [6.45, 7) is 0. The molecule has 0 aliphatic heterocycles. The Bertz CT molecular complexity index is 2170. The summed E-state index contributed by atoms with van der Waals surface area (Å²) in [5, 5.41) is 28.2. The first-order chi connectivity index (χ1) is 21.6. The number of nitrogens with zero attached hydrogens (tertiary/aromatic N) is 4. The van der Waals surface area contributed by atoms with Gasteiger partial charge in [-0.05, 0) is 64.5 Å². The molecule has 0 unspecified atom stereocenters. The van der Waals surface area contributed by atoms with Crippen molar-refractivity contribution >= 4 is 71.6 Å². The molecule has 6 aromatic carbocycles. The maximum absolute atomic E-state index is 9.91. The van der Waals surface area contributed by atoms with E-state index in [1.807, 2.05) is 60.9 Å². The molecule has 0 aliphatic rings. The molecule has 210 valence electrons. The average Bonchev–Trinajstić information content (AvgIpc) is 3.08. The molecule has 8 rings (SSSR count). The largest absolute Gasteiger partial charge is 0.489 e. The monoisotopic (exact) mass is 634 g/mol. The first-order valence-corrected chi connectivity index (χ1v) is 14.8. The summed E-state index contributed by atoms with van der Waals surface area (Å²) in [7, 11) is -1.54. The molecular formula is C36H24BBrN4O2. The minimum Gasteiger partial charge on any atom is -0.423 e. The third kappa shape index (κ3) is 4.89. The normalized spacial score (nSPS) is 11.1. The van der Waals surface area contributed by atoms with Gasteiger partial charge in [0.1, 0.15) is 12.7 Å². The van der Waals surface area contributed by atoms with E-state index < -0.39 is 7.12 Å². The second-order valence-corrected chi connectivity index (χ2v) is 11.1. The van der Waals surface area contributed by atoms with Gasteiger partial charge in [0.25, 0.3) is 0 Å². The maximum Gasteiger partial charge on any atom is 0.489 e. The number of rotatable bonds is 3. The molecule has 6 nitrogen and oxygen atoms in total. The molecule has 0 radical (unpaired) electrons. The average molecular weight is 635 g/mol. The van der Waals surface area contributed by atoms with Crippen LogP contribution in [-0.4, -0.2) is 37.1 Å². The van der Waals surface area contributed by atoms with Gasteiger partial charge in [0.05, 0.1) is 0 Å². The Hall–Kier alpha value is -5.02. The fourth-order valence-electron chi connectivity index (χ4n) is 5.99. The van der Waals surface area contributed by atoms with Gasteiger partial charge < -0.3 is 10.0 Å². The van der Waals surface area contributed by atoms with Crippen LogP contribution in [-0.2, 0) is 0 Å². The lowest BCUT2D eigenvalue weighted by Gasteiger charge is -2.16. The van der Waals surface area contributed by atoms with E-state index in [4.69, 9.17) is 0 Å². The van der Waals surface area contributed by atoms with Gasteiger partial charge >= 0.3 is 7.12 Å². The van der Waals surface area contributed by atoms with Crippen LogP contribution in [0.3, 0.4) is 0 Å². The Kier molecular flexibility index (Phi) is 7.54. The molecule has 8 aromatic rings. The van der Waals surface area contributed by atoms with E-state index in [9.17, 15) is 10.0 Å². The molecule has 44 heavy (non-hydrogen) atoms. The van der Waals surface area contributed by atoms with Crippen molar-refractivity contribution in [1.82, 2.24) is 19.9 Å². The van der Waals surface area contributed by atoms with Crippen LogP contribution in [0.25, 0.3) is 65.3 Å². The van der Waals surface area contributed by atoms with Crippen molar-refractivity contribution < 1.29 is 10.0 Å². The smallest absolute Gasteiger partial charge is 0.423 e. The van der Waals surface area contributed by atoms with Gasteiger partial charge in [0.15, 0.2) is 0 Å². The van der Waals surface area contributed by atoms with Crippen molar-refractivity contribution in [3.05, 3.63) is 139 Å². The molecule has 8 heteroatoms. The molecule has 2 aromatic heterocycles. The standard InChI is InChI=1S/C18H13BN2O2.C18H11BrN2/c22-19(23)18-15-7-3-1-5-13(15)17(12-9-20-11-21-10-12)14-6-2-4-8-16(14)18;19-18-15-7-3-1-5-13(15)17(12-9-20-11-21-10-12)14-6-2-4-8-16(14)18/h1-11,22-23H;1-11H. The third-order valence-corrected chi connectivity index (χ3v) is 8.65. The Labute approximate surface area is 262 Å². The van der Waals surface area contributed by atoms with Crippen LogP contribution >= 0.6 is 15.9 Å². The molecule has 0 aliphatic carbocycles. The Morgan fingerprint density at radius 2 is 0.727 bits per heavy atom. The van der Waals surface area contributed by atoms with E-state index in [-0.39, 0.29) is 0 Å². The quantitative estimate of drug-likeness (QED) is 0.156. The number of benzene rings is 6. The Balaban J connectivity index is 0.000000143. The lowest BCUT2D eigenvalue weighted by atomic mass is 9.72. The first-order valence-electron chi connectivity index (χ1n) is 14.0. The highest BCUT2D eigenvalue weighted by Crippen LogP contribution is 2.41. The molecule has 0 bridgehead atoms. The molecule has 0 saturated carbocycles. The molecule has 0 fully saturated rings. The van der Waals surface area contributed by atoms with Gasteiger partial charge in [-0.25, -0.2) is 19.9 Å². The number of fused-ring (bicyclic) bond motifs is 4. The fourth-order valence-corrected chi connectivity index (χ4v) is 6.69. The van der Waals surface area contributed by atoms with Crippen LogP contribution in [0.5, 0.6) is 0 Å². The number of hydrogen-bond acceptors (Lipinski definition) is 6. The number of halogens is 1. The van der Waals surface area contributed by atoms with Gasteiger partial charge in [-0.1, -0.05) is 97.1 Å².